The maximum atomic E-state index is 14.4. The number of alkyl carbamates (subject to hydrolysis) is 1. The number of hydrogen-bond acceptors (Lipinski definition) is 9. The first kappa shape index (κ1) is 38.0. The number of fused-ring (bicyclic) bond motifs is 3. The fraction of sp³-hybridized carbons (Fsp3) is 0.649. The highest BCUT2D eigenvalue weighted by atomic mass is 32.2. The van der Waals surface area contributed by atoms with Crippen LogP contribution in [0.2, 0.25) is 0 Å². The Kier molecular flexibility index (Phi) is 11.2. The Hall–Kier alpha value is -4.25. The summed E-state index contributed by atoms with van der Waals surface area (Å²) in [6.45, 7) is 0.146. The summed E-state index contributed by atoms with van der Waals surface area (Å²) in [5, 5.41) is 5.52. The Labute approximate surface area is 314 Å². The van der Waals surface area contributed by atoms with Crippen LogP contribution in [0.3, 0.4) is 0 Å². The Morgan fingerprint density at radius 1 is 0.963 bits per heavy atom. The van der Waals surface area contributed by atoms with Gasteiger partial charge >= 0.3 is 22.4 Å². The molecule has 0 radical (unpaired) electrons. The monoisotopic (exact) mass is 772 g/mol. The molecule has 15 nitrogen and oxygen atoms in total. The van der Waals surface area contributed by atoms with Gasteiger partial charge < -0.3 is 25.0 Å². The van der Waals surface area contributed by atoms with Gasteiger partial charge in [0.05, 0.1) is 13.1 Å². The predicted molar refractivity (Wildman–Crippen MR) is 191 cm³/mol. The molecule has 3 heterocycles. The van der Waals surface area contributed by atoms with Crippen molar-refractivity contribution in [3.05, 3.63) is 47.3 Å². The highest BCUT2D eigenvalue weighted by Crippen LogP contribution is 2.46. The molecule has 0 spiro atoms. The summed E-state index contributed by atoms with van der Waals surface area (Å²) in [6, 6.07) is 2.34. The number of benzene rings is 1. The van der Waals surface area contributed by atoms with Crippen molar-refractivity contribution < 1.29 is 46.3 Å². The van der Waals surface area contributed by atoms with E-state index in [1.807, 2.05) is 12.2 Å². The molecule has 3 saturated carbocycles. The molecule has 3 aliphatic carbocycles. The quantitative estimate of drug-likeness (QED) is 0.288. The van der Waals surface area contributed by atoms with E-state index in [0.29, 0.717) is 24.0 Å². The largest absolute Gasteiger partial charge is 0.446 e. The number of rotatable bonds is 8. The molecule has 4 N–H and O–H groups in total. The molecule has 5 amide bonds. The van der Waals surface area contributed by atoms with Crippen LogP contribution in [0.4, 0.5) is 14.0 Å². The summed E-state index contributed by atoms with van der Waals surface area (Å²) in [5.74, 6) is -2.90. The van der Waals surface area contributed by atoms with Crippen LogP contribution in [0.5, 0.6) is 0 Å². The molecule has 54 heavy (non-hydrogen) atoms. The van der Waals surface area contributed by atoms with E-state index < -0.39 is 75.6 Å². The number of nitrogens with one attached hydrogen (secondary N) is 4. The van der Waals surface area contributed by atoms with Crippen LogP contribution in [0.1, 0.15) is 94.6 Å². The molecule has 0 bridgehead atoms. The maximum Gasteiger partial charge on any atom is 0.410 e. The molecule has 5 atom stereocenters. The number of amides is 5. The summed E-state index contributed by atoms with van der Waals surface area (Å²) >= 11 is 0. The van der Waals surface area contributed by atoms with E-state index in [0.717, 1.165) is 51.4 Å². The third kappa shape index (κ3) is 8.82. The maximum absolute atomic E-state index is 14.4. The first-order valence-corrected chi connectivity index (χ1v) is 20.7. The van der Waals surface area contributed by atoms with Crippen molar-refractivity contribution in [1.29, 1.82) is 0 Å². The SMILES string of the molecule is O=C(N[C@H]1CCCCCC=C[C@@H]2C[C@@]2(C(=O)NS(=O)(=O)NCC2CC2)NC(=O)[C@@H]2C[C@@H](OC(=O)N3Cc4cccc(F)c4C3)CN2C1=O)OC1CCCC1. The Bertz CT molecular complexity index is 1780. The second kappa shape index (κ2) is 15.8. The number of halogens is 1. The van der Waals surface area contributed by atoms with Gasteiger partial charge in [0.25, 0.3) is 5.91 Å². The number of carbonyl (C=O) groups is 5. The minimum atomic E-state index is -4.21. The molecular formula is C37H49FN6O9S. The first-order chi connectivity index (χ1) is 25.9. The number of nitrogens with zero attached hydrogens (tertiary/aromatic N) is 2. The number of hydrogen-bond donors (Lipinski definition) is 4. The Morgan fingerprint density at radius 3 is 2.50 bits per heavy atom. The normalized spacial score (nSPS) is 28.9. The van der Waals surface area contributed by atoms with Crippen molar-refractivity contribution in [2.24, 2.45) is 11.8 Å². The van der Waals surface area contributed by atoms with Gasteiger partial charge in [0.1, 0.15) is 35.6 Å². The zero-order chi connectivity index (χ0) is 38.0. The van der Waals surface area contributed by atoms with Gasteiger partial charge in [0.2, 0.25) is 11.8 Å². The molecule has 6 aliphatic rings. The zero-order valence-corrected chi connectivity index (χ0v) is 31.0. The van der Waals surface area contributed by atoms with Crippen LogP contribution in [-0.4, -0.2) is 91.0 Å². The topological polar surface area (TPSA) is 193 Å². The molecule has 1 saturated heterocycles. The summed E-state index contributed by atoms with van der Waals surface area (Å²) in [4.78, 5) is 71.4. The molecule has 294 valence electrons. The van der Waals surface area contributed by atoms with Crippen molar-refractivity contribution >= 4 is 40.1 Å². The lowest BCUT2D eigenvalue weighted by Crippen LogP contribution is -2.59. The van der Waals surface area contributed by atoms with Crippen LogP contribution >= 0.6 is 0 Å². The van der Waals surface area contributed by atoms with Crippen LogP contribution in [0.15, 0.2) is 30.4 Å². The van der Waals surface area contributed by atoms with Crippen molar-refractivity contribution in [2.45, 2.75) is 126 Å². The summed E-state index contributed by atoms with van der Waals surface area (Å²) in [5.41, 5.74) is -0.553. The molecule has 7 rings (SSSR count). The molecule has 0 aromatic heterocycles. The number of carbonyl (C=O) groups excluding carboxylic acids is 5. The van der Waals surface area contributed by atoms with E-state index >= 15 is 0 Å². The van der Waals surface area contributed by atoms with Gasteiger partial charge in [-0.3, -0.25) is 19.3 Å². The average Bonchev–Trinajstić information content (AvgIpc) is 3.86. The van der Waals surface area contributed by atoms with E-state index in [1.165, 1.54) is 15.9 Å². The second-order valence-corrected chi connectivity index (χ2v) is 17.1. The average molecular weight is 773 g/mol. The van der Waals surface area contributed by atoms with Crippen molar-refractivity contribution in [1.82, 2.24) is 29.9 Å². The van der Waals surface area contributed by atoms with E-state index in [9.17, 15) is 36.8 Å². The van der Waals surface area contributed by atoms with Gasteiger partial charge in [0, 0.05) is 31.0 Å². The third-order valence-corrected chi connectivity index (χ3v) is 12.5. The minimum absolute atomic E-state index is 0.000177. The molecule has 3 aliphatic heterocycles. The summed E-state index contributed by atoms with van der Waals surface area (Å²) in [7, 11) is -4.21. The minimum Gasteiger partial charge on any atom is -0.446 e. The van der Waals surface area contributed by atoms with Crippen LogP contribution in [0.25, 0.3) is 0 Å². The smallest absolute Gasteiger partial charge is 0.410 e. The molecular weight excluding hydrogens is 724 g/mol. The van der Waals surface area contributed by atoms with E-state index in [4.69, 9.17) is 9.47 Å². The summed E-state index contributed by atoms with van der Waals surface area (Å²) < 4.78 is 56.0. The van der Waals surface area contributed by atoms with Gasteiger partial charge in [-0.05, 0) is 81.8 Å². The van der Waals surface area contributed by atoms with E-state index in [-0.39, 0.29) is 57.5 Å². The van der Waals surface area contributed by atoms with E-state index in [2.05, 4.69) is 20.1 Å². The lowest BCUT2D eigenvalue weighted by atomic mass is 10.0. The third-order valence-electron chi connectivity index (χ3n) is 11.5. The highest BCUT2D eigenvalue weighted by molar-refractivity contribution is 7.88. The molecule has 1 aromatic carbocycles. The zero-order valence-electron chi connectivity index (χ0n) is 30.2. The fourth-order valence-electron chi connectivity index (χ4n) is 8.03. The van der Waals surface area contributed by atoms with Crippen LogP contribution in [-0.2, 0) is 47.2 Å². The first-order valence-electron chi connectivity index (χ1n) is 19.2. The molecule has 1 aromatic rings. The van der Waals surface area contributed by atoms with E-state index in [1.54, 1.807) is 12.1 Å². The molecule has 0 unspecified atom stereocenters. The van der Waals surface area contributed by atoms with Crippen molar-refractivity contribution in [3.63, 3.8) is 0 Å². The van der Waals surface area contributed by atoms with Gasteiger partial charge in [0.15, 0.2) is 0 Å². The van der Waals surface area contributed by atoms with Gasteiger partial charge in [-0.1, -0.05) is 37.1 Å². The standard InChI is InChI=1S/C37H49FN6O9S/c38-29-13-8-9-24-20-43(22-28(24)29)36(49)53-27-17-31-32(45)41-37(34(47)42-54(50,51)39-19-23-15-16-23)18-25(37)10-4-2-1-3-5-14-30(33(46)44(31)21-27)40-35(48)52-26-11-6-7-12-26/h4,8-10,13,23,25-27,30-31,39H,1-3,5-7,11-12,14-22H2,(H,40,48)(H,41,45)(H,42,47)/t25-,27-,30+,31+,37-/m1/s1. The van der Waals surface area contributed by atoms with Crippen molar-refractivity contribution in [2.75, 3.05) is 13.1 Å². The van der Waals surface area contributed by atoms with Crippen molar-refractivity contribution in [3.8, 4) is 0 Å². The fourth-order valence-corrected chi connectivity index (χ4v) is 8.98. The Balaban J connectivity index is 1.11. The number of ether oxygens (including phenoxy) is 2. The lowest BCUT2D eigenvalue weighted by Gasteiger charge is -2.30. The Morgan fingerprint density at radius 2 is 1.74 bits per heavy atom. The predicted octanol–water partition coefficient (Wildman–Crippen LogP) is 3.04. The number of allylic oxidation sites excluding steroid dienone is 1. The van der Waals surface area contributed by atoms with Crippen LogP contribution < -0.4 is 20.1 Å². The van der Waals surface area contributed by atoms with Gasteiger partial charge in [-0.2, -0.15) is 13.1 Å². The second-order valence-electron chi connectivity index (χ2n) is 15.6. The molecule has 4 fully saturated rings. The van der Waals surface area contributed by atoms with Crippen LogP contribution in [0, 0.1) is 17.7 Å². The van der Waals surface area contributed by atoms with Gasteiger partial charge in [-0.15, -0.1) is 0 Å². The van der Waals surface area contributed by atoms with Gasteiger partial charge in [-0.25, -0.2) is 18.7 Å². The molecule has 17 heteroatoms. The highest BCUT2D eigenvalue weighted by Gasteiger charge is 2.61. The lowest BCUT2D eigenvalue weighted by molar-refractivity contribution is -0.141. The summed E-state index contributed by atoms with van der Waals surface area (Å²) in [6.07, 6.45) is 9.26.